The standard InChI is InChI=1S/C19H19N3O3/c1-2-13-20-19(14-9-5-3-6-10-14)16(23)21-18(25)22(17(19)24)15-11-7-4-8-12-15/h3-12,20H,2,13H2,1H3,(H,21,23,25). The summed E-state index contributed by atoms with van der Waals surface area (Å²) in [5.41, 5.74) is -0.725. The number of nitrogens with zero attached hydrogens (tertiary/aromatic N) is 1. The molecule has 1 heterocycles. The molecule has 2 N–H and O–H groups in total. The largest absolute Gasteiger partial charge is 0.335 e. The molecule has 0 aliphatic carbocycles. The summed E-state index contributed by atoms with van der Waals surface area (Å²) in [5.74, 6) is -1.26. The van der Waals surface area contributed by atoms with Gasteiger partial charge < -0.3 is 0 Å². The highest BCUT2D eigenvalue weighted by molar-refractivity contribution is 6.32. The number of urea groups is 1. The number of hydrogen-bond donors (Lipinski definition) is 2. The molecule has 6 nitrogen and oxygen atoms in total. The minimum Gasteiger partial charge on any atom is -0.292 e. The summed E-state index contributed by atoms with van der Waals surface area (Å²) >= 11 is 0. The third-order valence-electron chi connectivity index (χ3n) is 4.15. The van der Waals surface area contributed by atoms with Crippen molar-refractivity contribution < 1.29 is 14.4 Å². The molecule has 0 saturated carbocycles. The molecule has 1 saturated heterocycles. The number of barbiturate groups is 1. The number of anilines is 1. The van der Waals surface area contributed by atoms with Crippen LogP contribution in [0, 0.1) is 0 Å². The van der Waals surface area contributed by atoms with Gasteiger partial charge in [-0.1, -0.05) is 55.5 Å². The maximum absolute atomic E-state index is 13.4. The van der Waals surface area contributed by atoms with Gasteiger partial charge in [0.15, 0.2) is 0 Å². The Bertz CT molecular complexity index is 792. The SMILES string of the molecule is CCCNC1(c2ccccc2)C(=O)NC(=O)N(c2ccccc2)C1=O. The van der Waals surface area contributed by atoms with Crippen LogP contribution < -0.4 is 15.5 Å². The molecule has 1 unspecified atom stereocenters. The molecule has 0 spiro atoms. The number of hydrogen-bond acceptors (Lipinski definition) is 4. The van der Waals surface area contributed by atoms with Gasteiger partial charge in [-0.2, -0.15) is 0 Å². The lowest BCUT2D eigenvalue weighted by Gasteiger charge is -2.40. The number of para-hydroxylation sites is 1. The predicted molar refractivity (Wildman–Crippen MR) is 93.9 cm³/mol. The summed E-state index contributed by atoms with van der Waals surface area (Å²) in [7, 11) is 0. The second kappa shape index (κ2) is 6.86. The lowest BCUT2D eigenvalue weighted by atomic mass is 9.85. The molecule has 0 bridgehead atoms. The molecule has 0 aromatic heterocycles. The van der Waals surface area contributed by atoms with Crippen molar-refractivity contribution in [2.45, 2.75) is 18.9 Å². The van der Waals surface area contributed by atoms with E-state index in [9.17, 15) is 14.4 Å². The van der Waals surface area contributed by atoms with Gasteiger partial charge in [0, 0.05) is 0 Å². The van der Waals surface area contributed by atoms with Crippen LogP contribution in [0.2, 0.25) is 0 Å². The maximum atomic E-state index is 13.4. The van der Waals surface area contributed by atoms with E-state index >= 15 is 0 Å². The van der Waals surface area contributed by atoms with Crippen LogP contribution in [0.4, 0.5) is 10.5 Å². The summed E-state index contributed by atoms with van der Waals surface area (Å²) in [6, 6.07) is 16.6. The number of benzene rings is 2. The van der Waals surface area contributed by atoms with Gasteiger partial charge in [-0.05, 0) is 30.7 Å². The van der Waals surface area contributed by atoms with Crippen LogP contribution in [0.1, 0.15) is 18.9 Å². The third-order valence-corrected chi connectivity index (χ3v) is 4.15. The zero-order chi connectivity index (χ0) is 17.9. The molecule has 2 aromatic carbocycles. The van der Waals surface area contributed by atoms with Crippen molar-refractivity contribution in [3.8, 4) is 0 Å². The number of carbonyl (C=O) groups excluding carboxylic acids is 3. The zero-order valence-corrected chi connectivity index (χ0v) is 13.9. The van der Waals surface area contributed by atoms with Crippen molar-refractivity contribution in [2.24, 2.45) is 0 Å². The fourth-order valence-electron chi connectivity index (χ4n) is 2.93. The van der Waals surface area contributed by atoms with Gasteiger partial charge in [0.05, 0.1) is 5.69 Å². The molecule has 3 rings (SSSR count). The first kappa shape index (κ1) is 16.9. The van der Waals surface area contributed by atoms with Gasteiger partial charge in [-0.15, -0.1) is 0 Å². The topological polar surface area (TPSA) is 78.5 Å². The second-order valence-electron chi connectivity index (χ2n) is 5.78. The Morgan fingerprint density at radius 3 is 2.16 bits per heavy atom. The van der Waals surface area contributed by atoms with Crippen LogP contribution in [0.25, 0.3) is 0 Å². The van der Waals surface area contributed by atoms with Gasteiger partial charge >= 0.3 is 6.03 Å². The van der Waals surface area contributed by atoms with Crippen LogP contribution in [0.3, 0.4) is 0 Å². The lowest BCUT2D eigenvalue weighted by molar-refractivity contribution is -0.138. The highest BCUT2D eigenvalue weighted by Gasteiger charge is 2.55. The van der Waals surface area contributed by atoms with Crippen molar-refractivity contribution in [1.29, 1.82) is 0 Å². The second-order valence-corrected chi connectivity index (χ2v) is 5.78. The van der Waals surface area contributed by atoms with E-state index in [1.165, 1.54) is 0 Å². The average molecular weight is 337 g/mol. The third kappa shape index (κ3) is 2.81. The molecule has 0 radical (unpaired) electrons. The first-order valence-electron chi connectivity index (χ1n) is 8.17. The predicted octanol–water partition coefficient (Wildman–Crippen LogP) is 2.16. The van der Waals surface area contributed by atoms with Crippen LogP contribution in [-0.4, -0.2) is 24.4 Å². The number of rotatable bonds is 5. The van der Waals surface area contributed by atoms with Gasteiger partial charge in [0.25, 0.3) is 11.8 Å². The van der Waals surface area contributed by atoms with Crippen molar-refractivity contribution in [3.05, 3.63) is 66.2 Å². The summed E-state index contributed by atoms with van der Waals surface area (Å²) in [6.45, 7) is 2.39. The molecule has 6 heteroatoms. The number of imide groups is 2. The molecular weight excluding hydrogens is 318 g/mol. The van der Waals surface area contributed by atoms with Crippen molar-refractivity contribution in [2.75, 3.05) is 11.4 Å². The fraction of sp³-hybridized carbons (Fsp3) is 0.211. The van der Waals surface area contributed by atoms with Gasteiger partial charge in [0.2, 0.25) is 5.54 Å². The van der Waals surface area contributed by atoms with E-state index in [-0.39, 0.29) is 0 Å². The molecule has 1 atom stereocenters. The Balaban J connectivity index is 2.14. The highest BCUT2D eigenvalue weighted by Crippen LogP contribution is 2.30. The van der Waals surface area contributed by atoms with Gasteiger partial charge in [-0.25, -0.2) is 9.69 Å². The van der Waals surface area contributed by atoms with E-state index < -0.39 is 23.4 Å². The Morgan fingerprint density at radius 2 is 1.56 bits per heavy atom. The molecule has 1 fully saturated rings. The van der Waals surface area contributed by atoms with Crippen LogP contribution in [-0.2, 0) is 15.1 Å². The van der Waals surface area contributed by atoms with E-state index in [1.54, 1.807) is 54.6 Å². The Kier molecular flexibility index (Phi) is 4.63. The van der Waals surface area contributed by atoms with E-state index in [0.29, 0.717) is 17.8 Å². The quantitative estimate of drug-likeness (QED) is 0.820. The summed E-state index contributed by atoms with van der Waals surface area (Å²) in [5, 5.41) is 5.39. The van der Waals surface area contributed by atoms with Gasteiger partial charge in [-0.3, -0.25) is 20.2 Å². The summed E-state index contributed by atoms with van der Waals surface area (Å²) < 4.78 is 0. The Labute approximate surface area is 145 Å². The van der Waals surface area contributed by atoms with E-state index in [1.807, 2.05) is 13.0 Å². The Hall–Kier alpha value is -2.99. The molecule has 1 aliphatic heterocycles. The lowest BCUT2D eigenvalue weighted by Crippen LogP contribution is -2.71. The normalized spacial score (nSPS) is 20.5. The van der Waals surface area contributed by atoms with Crippen molar-refractivity contribution in [1.82, 2.24) is 10.6 Å². The van der Waals surface area contributed by atoms with Crippen LogP contribution in [0.5, 0.6) is 0 Å². The zero-order valence-electron chi connectivity index (χ0n) is 13.9. The number of carbonyl (C=O) groups is 3. The molecule has 4 amide bonds. The molecule has 1 aliphatic rings. The number of nitrogens with one attached hydrogen (secondary N) is 2. The molecule has 128 valence electrons. The van der Waals surface area contributed by atoms with E-state index in [2.05, 4.69) is 10.6 Å². The molecule has 2 aromatic rings. The Morgan fingerprint density at radius 1 is 0.960 bits per heavy atom. The smallest absolute Gasteiger partial charge is 0.292 e. The van der Waals surface area contributed by atoms with Gasteiger partial charge in [0.1, 0.15) is 0 Å². The maximum Gasteiger partial charge on any atom is 0.335 e. The van der Waals surface area contributed by atoms with Crippen molar-refractivity contribution in [3.63, 3.8) is 0 Å². The fourth-order valence-corrected chi connectivity index (χ4v) is 2.93. The first-order chi connectivity index (χ1) is 12.1. The summed E-state index contributed by atoms with van der Waals surface area (Å²) in [6.07, 6.45) is 0.731. The summed E-state index contributed by atoms with van der Waals surface area (Å²) in [4.78, 5) is 39.5. The highest BCUT2D eigenvalue weighted by atomic mass is 16.2. The van der Waals surface area contributed by atoms with E-state index in [4.69, 9.17) is 0 Å². The first-order valence-corrected chi connectivity index (χ1v) is 8.17. The average Bonchev–Trinajstić information content (AvgIpc) is 2.63. The minimum absolute atomic E-state index is 0.413. The van der Waals surface area contributed by atoms with Crippen LogP contribution >= 0.6 is 0 Å². The van der Waals surface area contributed by atoms with Crippen molar-refractivity contribution >= 4 is 23.5 Å². The van der Waals surface area contributed by atoms with Crippen LogP contribution in [0.15, 0.2) is 60.7 Å². The van der Waals surface area contributed by atoms with E-state index in [0.717, 1.165) is 11.3 Å². The number of amides is 4. The molecule has 25 heavy (non-hydrogen) atoms. The monoisotopic (exact) mass is 337 g/mol. The molecular formula is C19H19N3O3. The minimum atomic E-state index is -1.64.